The molecule has 0 radical (unpaired) electrons. The molecule has 190 valence electrons. The number of carbonyl (C=O) groups excluding carboxylic acids is 3. The van der Waals surface area contributed by atoms with Crippen LogP contribution in [0.25, 0.3) is 5.76 Å². The van der Waals surface area contributed by atoms with Crippen LogP contribution in [-0.4, -0.2) is 41.5 Å². The Morgan fingerprint density at radius 2 is 1.92 bits per heavy atom. The van der Waals surface area contributed by atoms with Gasteiger partial charge in [-0.2, -0.15) is 0 Å². The van der Waals surface area contributed by atoms with E-state index < -0.39 is 23.7 Å². The fourth-order valence-corrected chi connectivity index (χ4v) is 5.29. The van der Waals surface area contributed by atoms with Gasteiger partial charge in [-0.15, -0.1) is 0 Å². The number of methoxy groups -OCH3 is 1. The highest BCUT2D eigenvalue weighted by molar-refractivity contribution is 9.10. The van der Waals surface area contributed by atoms with Crippen LogP contribution in [-0.2, 0) is 14.3 Å². The van der Waals surface area contributed by atoms with E-state index in [4.69, 9.17) is 9.47 Å². The number of nitrogens with zero attached hydrogens (tertiary/aromatic N) is 2. The topological polar surface area (TPSA) is 106 Å². The molecule has 2 aromatic carbocycles. The van der Waals surface area contributed by atoms with Crippen LogP contribution >= 0.6 is 27.3 Å². The van der Waals surface area contributed by atoms with Gasteiger partial charge in [0.2, 0.25) is 0 Å². The fourth-order valence-electron chi connectivity index (χ4n) is 4.04. The summed E-state index contributed by atoms with van der Waals surface area (Å²) in [7, 11) is 1.53. The minimum absolute atomic E-state index is 0.0239. The highest BCUT2D eigenvalue weighted by Crippen LogP contribution is 2.44. The Bertz CT molecular complexity index is 1440. The highest BCUT2D eigenvalue weighted by Gasteiger charge is 2.48. The van der Waals surface area contributed by atoms with Gasteiger partial charge in [0, 0.05) is 10.0 Å². The fraction of sp³-hybridized carbons (Fsp3) is 0.185. The first-order valence-electron chi connectivity index (χ1n) is 11.1. The number of ether oxygens (including phenoxy) is 2. The molecule has 1 amide bonds. The summed E-state index contributed by atoms with van der Waals surface area (Å²) in [5.41, 5.74) is 1.92. The van der Waals surface area contributed by atoms with Crippen molar-refractivity contribution >= 4 is 55.8 Å². The molecule has 2 heterocycles. The Morgan fingerprint density at radius 1 is 1.22 bits per heavy atom. The first kappa shape index (κ1) is 26.3. The molecule has 8 nitrogen and oxygen atoms in total. The zero-order valence-electron chi connectivity index (χ0n) is 20.3. The number of rotatable bonds is 7. The number of amides is 1. The predicted octanol–water partition coefficient (Wildman–Crippen LogP) is 5.50. The van der Waals surface area contributed by atoms with Crippen molar-refractivity contribution in [1.29, 1.82) is 0 Å². The van der Waals surface area contributed by atoms with E-state index >= 15 is 0 Å². The van der Waals surface area contributed by atoms with E-state index in [1.165, 1.54) is 18.1 Å². The number of hydrogen-bond donors (Lipinski definition) is 1. The van der Waals surface area contributed by atoms with Gasteiger partial charge in [0.05, 0.1) is 24.4 Å². The summed E-state index contributed by atoms with van der Waals surface area (Å²) in [4.78, 5) is 45.1. The molecule has 3 aromatic rings. The molecule has 1 aliphatic heterocycles. The van der Waals surface area contributed by atoms with Crippen LogP contribution in [0.3, 0.4) is 0 Å². The number of hydrogen-bond acceptors (Lipinski definition) is 8. The lowest BCUT2D eigenvalue weighted by Crippen LogP contribution is -2.29. The Labute approximate surface area is 226 Å². The molecule has 1 fully saturated rings. The summed E-state index contributed by atoms with van der Waals surface area (Å²) < 4.78 is 11.2. The number of carbonyl (C=O) groups is 3. The van der Waals surface area contributed by atoms with Gasteiger partial charge in [-0.1, -0.05) is 52.1 Å². The van der Waals surface area contributed by atoms with Crippen molar-refractivity contribution in [3.63, 3.8) is 0 Å². The summed E-state index contributed by atoms with van der Waals surface area (Å²) >= 11 is 4.34. The maximum atomic E-state index is 13.4. The standard InChI is InChI=1S/C27H23BrN2O6S/c1-5-12-36-26(34)24-15(3)29-27(37-24)30-21(16-6-8-17(28)9-7-16)20(23(32)25(30)33)22(31)19-11-10-18(35-4)13-14(19)2/h5-11,13,21,31H,1,12H2,2-4H3/b22-20+/t21-/m1/s1. The predicted molar refractivity (Wildman–Crippen MR) is 144 cm³/mol. The molecule has 1 atom stereocenters. The van der Waals surface area contributed by atoms with Gasteiger partial charge in [-0.3, -0.25) is 14.5 Å². The molecule has 0 unspecified atom stereocenters. The van der Waals surface area contributed by atoms with Gasteiger partial charge in [0.15, 0.2) is 5.13 Å². The van der Waals surface area contributed by atoms with Crippen molar-refractivity contribution in [2.24, 2.45) is 0 Å². The van der Waals surface area contributed by atoms with Gasteiger partial charge in [-0.25, -0.2) is 9.78 Å². The van der Waals surface area contributed by atoms with Crippen molar-refractivity contribution in [1.82, 2.24) is 4.98 Å². The van der Waals surface area contributed by atoms with E-state index in [2.05, 4.69) is 27.5 Å². The zero-order chi connectivity index (χ0) is 26.9. The number of aryl methyl sites for hydroxylation is 2. The first-order valence-corrected chi connectivity index (χ1v) is 12.8. The number of Topliss-reactive ketones (excluding diaryl/α,β-unsaturated/α-hetero) is 1. The van der Waals surface area contributed by atoms with Crippen molar-refractivity contribution in [3.05, 3.63) is 92.4 Å². The van der Waals surface area contributed by atoms with E-state index in [9.17, 15) is 19.5 Å². The summed E-state index contributed by atoms with van der Waals surface area (Å²) in [6.07, 6.45) is 1.45. The van der Waals surface area contributed by atoms with E-state index in [1.807, 2.05) is 0 Å². The molecular formula is C27H23BrN2O6S. The lowest BCUT2D eigenvalue weighted by atomic mass is 9.94. The summed E-state index contributed by atoms with van der Waals surface area (Å²) in [6.45, 7) is 6.95. The van der Waals surface area contributed by atoms with Crippen LogP contribution in [0.5, 0.6) is 5.75 Å². The number of anilines is 1. The average molecular weight is 583 g/mol. The number of halogens is 1. The second-order valence-electron chi connectivity index (χ2n) is 8.20. The van der Waals surface area contributed by atoms with Crippen LogP contribution < -0.4 is 9.64 Å². The van der Waals surface area contributed by atoms with Crippen molar-refractivity contribution < 1.29 is 29.0 Å². The number of ketones is 1. The maximum Gasteiger partial charge on any atom is 0.350 e. The van der Waals surface area contributed by atoms with E-state index in [0.717, 1.165) is 15.8 Å². The third-order valence-corrected chi connectivity index (χ3v) is 7.49. The smallest absolute Gasteiger partial charge is 0.350 e. The largest absolute Gasteiger partial charge is 0.507 e. The van der Waals surface area contributed by atoms with Crippen LogP contribution in [0.15, 0.2) is 65.2 Å². The lowest BCUT2D eigenvalue weighted by Gasteiger charge is -2.23. The van der Waals surface area contributed by atoms with Crippen LogP contribution in [0.1, 0.15) is 38.1 Å². The average Bonchev–Trinajstić information content (AvgIpc) is 3.39. The Morgan fingerprint density at radius 3 is 2.54 bits per heavy atom. The van der Waals surface area contributed by atoms with Gasteiger partial charge < -0.3 is 14.6 Å². The normalized spacial score (nSPS) is 16.6. The Balaban J connectivity index is 1.89. The lowest BCUT2D eigenvalue weighted by molar-refractivity contribution is -0.132. The number of aliphatic hydroxyl groups excluding tert-OH is 1. The first-order chi connectivity index (χ1) is 17.7. The Kier molecular flexibility index (Phi) is 7.60. The van der Waals surface area contributed by atoms with E-state index in [-0.39, 0.29) is 27.9 Å². The molecular weight excluding hydrogens is 560 g/mol. The molecule has 1 aliphatic rings. The second-order valence-corrected chi connectivity index (χ2v) is 10.1. The van der Waals surface area contributed by atoms with Crippen LogP contribution in [0.4, 0.5) is 5.13 Å². The molecule has 0 spiro atoms. The molecule has 10 heteroatoms. The Hall–Kier alpha value is -3.76. The van der Waals surface area contributed by atoms with Crippen LogP contribution in [0, 0.1) is 13.8 Å². The summed E-state index contributed by atoms with van der Waals surface area (Å²) in [6, 6.07) is 11.1. The molecule has 4 rings (SSSR count). The van der Waals surface area contributed by atoms with Crippen LogP contribution in [0.2, 0.25) is 0 Å². The third kappa shape index (κ3) is 4.94. The molecule has 0 aliphatic carbocycles. The number of aromatic nitrogens is 1. The van der Waals surface area contributed by atoms with Crippen molar-refractivity contribution in [3.8, 4) is 5.75 Å². The van der Waals surface area contributed by atoms with Crippen molar-refractivity contribution in [2.75, 3.05) is 18.6 Å². The van der Waals surface area contributed by atoms with Gasteiger partial charge in [-0.05, 0) is 55.3 Å². The monoisotopic (exact) mass is 582 g/mol. The third-order valence-electron chi connectivity index (χ3n) is 5.83. The molecule has 37 heavy (non-hydrogen) atoms. The SMILES string of the molecule is C=CCOC(=O)c1sc(N2C(=O)C(=O)/C(=C(/O)c3ccc(OC)cc3C)[C@H]2c2ccc(Br)cc2)nc1C. The number of aliphatic hydroxyl groups is 1. The number of thiazole rings is 1. The zero-order valence-corrected chi connectivity index (χ0v) is 22.7. The van der Waals surface area contributed by atoms with Crippen molar-refractivity contribution in [2.45, 2.75) is 19.9 Å². The summed E-state index contributed by atoms with van der Waals surface area (Å²) in [5.74, 6) is -2.04. The van der Waals surface area contributed by atoms with Gasteiger partial charge in [0.1, 0.15) is 23.0 Å². The highest BCUT2D eigenvalue weighted by atomic mass is 79.9. The maximum absolute atomic E-state index is 13.4. The molecule has 0 bridgehead atoms. The van der Waals surface area contributed by atoms with E-state index in [1.54, 1.807) is 56.3 Å². The van der Waals surface area contributed by atoms with E-state index in [0.29, 0.717) is 28.1 Å². The summed E-state index contributed by atoms with van der Waals surface area (Å²) in [5, 5.41) is 11.5. The number of benzene rings is 2. The quantitative estimate of drug-likeness (QED) is 0.129. The number of esters is 1. The minimum Gasteiger partial charge on any atom is -0.507 e. The molecule has 1 aromatic heterocycles. The van der Waals surface area contributed by atoms with Gasteiger partial charge >= 0.3 is 11.9 Å². The second kappa shape index (κ2) is 10.7. The van der Waals surface area contributed by atoms with Gasteiger partial charge in [0.25, 0.3) is 5.78 Å². The minimum atomic E-state index is -0.975. The molecule has 1 N–H and O–H groups in total. The molecule has 1 saturated heterocycles. The molecule has 0 saturated carbocycles.